The Labute approximate surface area is 218 Å². The Morgan fingerprint density at radius 1 is 0.778 bits per heavy atom. The normalized spacial score (nSPS) is 11.0. The number of carbonyl (C=O) groups excluding carboxylic acids is 1. The van der Waals surface area contributed by atoms with Gasteiger partial charge in [0.05, 0.1) is 34.9 Å². The van der Waals surface area contributed by atoms with Crippen molar-refractivity contribution in [1.29, 1.82) is 0 Å². The molecule has 0 aliphatic carbocycles. The van der Waals surface area contributed by atoms with E-state index in [2.05, 4.69) is 48.1 Å². The van der Waals surface area contributed by atoms with Crippen LogP contribution in [0.4, 0.5) is 0 Å². The first-order valence-corrected chi connectivity index (χ1v) is 13.4. The van der Waals surface area contributed by atoms with E-state index in [-0.39, 0.29) is 5.97 Å². The van der Waals surface area contributed by atoms with Crippen LogP contribution in [-0.4, -0.2) is 27.5 Å². The molecule has 0 aliphatic rings. The molecule has 5 aromatic heterocycles. The molecule has 7 heteroatoms. The van der Waals surface area contributed by atoms with Crippen LogP contribution >= 0.6 is 22.7 Å². The summed E-state index contributed by atoms with van der Waals surface area (Å²) in [4.78, 5) is 31.6. The van der Waals surface area contributed by atoms with E-state index < -0.39 is 0 Å². The van der Waals surface area contributed by atoms with Crippen molar-refractivity contribution in [1.82, 2.24) is 15.0 Å². The van der Waals surface area contributed by atoms with Gasteiger partial charge in [-0.1, -0.05) is 6.92 Å². The van der Waals surface area contributed by atoms with Crippen molar-refractivity contribution in [2.45, 2.75) is 27.2 Å². The molecule has 0 saturated carbocycles. The van der Waals surface area contributed by atoms with Gasteiger partial charge in [-0.25, -0.2) is 9.78 Å². The Balaban J connectivity index is 1.56. The molecule has 0 radical (unpaired) electrons. The second-order valence-corrected chi connectivity index (χ2v) is 10.6. The van der Waals surface area contributed by atoms with Crippen molar-refractivity contribution in [3.05, 3.63) is 89.1 Å². The maximum atomic E-state index is 12.7. The molecule has 0 bridgehead atoms. The minimum absolute atomic E-state index is 0.299. The number of ether oxygens (including phenoxy) is 1. The summed E-state index contributed by atoms with van der Waals surface area (Å²) < 4.78 is 5.29. The lowest BCUT2D eigenvalue weighted by Gasteiger charge is -2.10. The molecule has 0 atom stereocenters. The molecule has 0 spiro atoms. The van der Waals surface area contributed by atoms with Crippen molar-refractivity contribution < 1.29 is 9.53 Å². The van der Waals surface area contributed by atoms with E-state index in [0.717, 1.165) is 22.4 Å². The second kappa shape index (κ2) is 10.5. The standard InChI is InChI=1S/C29H25N3O2S2/c1-4-19-10-12-30-22(14-19)24-16-21(29(33)34-5-2)17-25(32-24)23-15-20(11-13-31-23)26-8-9-28(36-26)27-7-6-18(3)35-27/h6-17H,4-5H2,1-3H3. The Kier molecular flexibility index (Phi) is 7.02. The number of esters is 1. The molecule has 0 aliphatic heterocycles. The fourth-order valence-corrected chi connectivity index (χ4v) is 5.84. The Bertz CT molecular complexity index is 1540. The maximum absolute atomic E-state index is 12.7. The number of rotatable bonds is 7. The highest BCUT2D eigenvalue weighted by atomic mass is 32.1. The van der Waals surface area contributed by atoms with Gasteiger partial charge in [-0.3, -0.25) is 9.97 Å². The number of thiophene rings is 2. The molecule has 5 nitrogen and oxygen atoms in total. The summed E-state index contributed by atoms with van der Waals surface area (Å²) in [6.45, 7) is 6.31. The zero-order valence-electron chi connectivity index (χ0n) is 20.3. The summed E-state index contributed by atoms with van der Waals surface area (Å²) in [5.74, 6) is -0.389. The summed E-state index contributed by atoms with van der Waals surface area (Å²) in [7, 11) is 0. The molecule has 5 heterocycles. The van der Waals surface area contributed by atoms with Crippen LogP contribution in [0.15, 0.2) is 73.1 Å². The van der Waals surface area contributed by atoms with Gasteiger partial charge in [0.25, 0.3) is 0 Å². The van der Waals surface area contributed by atoms with Gasteiger partial charge in [0.2, 0.25) is 0 Å². The zero-order chi connectivity index (χ0) is 25.1. The first kappa shape index (κ1) is 24.0. The summed E-state index contributed by atoms with van der Waals surface area (Å²) >= 11 is 3.55. The summed E-state index contributed by atoms with van der Waals surface area (Å²) in [5.41, 5.74) is 5.26. The van der Waals surface area contributed by atoms with Gasteiger partial charge in [0.15, 0.2) is 0 Å². The average molecular weight is 512 g/mol. The van der Waals surface area contributed by atoms with Crippen molar-refractivity contribution in [2.75, 3.05) is 6.61 Å². The van der Waals surface area contributed by atoms with Crippen LogP contribution in [0.1, 0.15) is 34.6 Å². The molecular formula is C29H25N3O2S2. The minimum atomic E-state index is -0.389. The molecule has 36 heavy (non-hydrogen) atoms. The number of aryl methyl sites for hydroxylation is 2. The number of pyridine rings is 3. The fourth-order valence-electron chi connectivity index (χ4n) is 3.88. The van der Waals surface area contributed by atoms with E-state index in [1.165, 1.54) is 14.6 Å². The Hall–Kier alpha value is -3.68. The molecule has 5 rings (SSSR count). The van der Waals surface area contributed by atoms with Crippen LogP contribution in [0.2, 0.25) is 0 Å². The molecular weight excluding hydrogens is 486 g/mol. The van der Waals surface area contributed by atoms with Crippen LogP contribution in [0.5, 0.6) is 0 Å². The third-order valence-corrected chi connectivity index (χ3v) is 8.06. The Morgan fingerprint density at radius 2 is 1.44 bits per heavy atom. The summed E-state index contributed by atoms with van der Waals surface area (Å²) in [5, 5.41) is 0. The van der Waals surface area contributed by atoms with Gasteiger partial charge in [0.1, 0.15) is 0 Å². The van der Waals surface area contributed by atoms with E-state index in [4.69, 9.17) is 9.72 Å². The lowest BCUT2D eigenvalue weighted by atomic mass is 10.1. The molecule has 0 aromatic carbocycles. The summed E-state index contributed by atoms with van der Waals surface area (Å²) in [6, 6.07) is 20.1. The first-order chi connectivity index (χ1) is 17.5. The largest absolute Gasteiger partial charge is 0.462 e. The number of hydrogen-bond acceptors (Lipinski definition) is 7. The number of carbonyl (C=O) groups is 1. The van der Waals surface area contributed by atoms with Gasteiger partial charge < -0.3 is 4.74 Å². The average Bonchev–Trinajstić information content (AvgIpc) is 3.58. The quantitative estimate of drug-likeness (QED) is 0.209. The maximum Gasteiger partial charge on any atom is 0.338 e. The number of nitrogens with zero attached hydrogens (tertiary/aromatic N) is 3. The lowest BCUT2D eigenvalue weighted by Crippen LogP contribution is -2.06. The molecule has 0 fully saturated rings. The Morgan fingerprint density at radius 3 is 2.14 bits per heavy atom. The highest BCUT2D eigenvalue weighted by Crippen LogP contribution is 2.38. The van der Waals surface area contributed by atoms with Gasteiger partial charge in [-0.05, 0) is 92.1 Å². The van der Waals surface area contributed by atoms with E-state index in [1.54, 1.807) is 54.1 Å². The second-order valence-electron chi connectivity index (χ2n) is 8.25. The summed E-state index contributed by atoms with van der Waals surface area (Å²) in [6.07, 6.45) is 4.44. The topological polar surface area (TPSA) is 65.0 Å². The predicted octanol–water partition coefficient (Wildman–Crippen LogP) is 7.71. The first-order valence-electron chi connectivity index (χ1n) is 11.8. The fraction of sp³-hybridized carbons (Fsp3) is 0.172. The van der Waals surface area contributed by atoms with Crippen molar-refractivity contribution in [3.8, 4) is 43.0 Å². The van der Waals surface area contributed by atoms with Gasteiger partial charge in [-0.2, -0.15) is 0 Å². The van der Waals surface area contributed by atoms with E-state index >= 15 is 0 Å². The number of aromatic nitrogens is 3. The smallest absolute Gasteiger partial charge is 0.338 e. The molecule has 0 saturated heterocycles. The van der Waals surface area contributed by atoms with Crippen molar-refractivity contribution >= 4 is 28.6 Å². The predicted molar refractivity (Wildman–Crippen MR) is 147 cm³/mol. The highest BCUT2D eigenvalue weighted by molar-refractivity contribution is 7.23. The highest BCUT2D eigenvalue weighted by Gasteiger charge is 2.16. The van der Waals surface area contributed by atoms with E-state index in [0.29, 0.717) is 34.9 Å². The molecule has 180 valence electrons. The van der Waals surface area contributed by atoms with Crippen LogP contribution < -0.4 is 0 Å². The van der Waals surface area contributed by atoms with E-state index in [1.807, 2.05) is 24.3 Å². The molecule has 0 amide bonds. The number of hydrogen-bond donors (Lipinski definition) is 0. The molecule has 0 unspecified atom stereocenters. The molecule has 5 aromatic rings. The third-order valence-electron chi connectivity index (χ3n) is 5.73. The van der Waals surface area contributed by atoms with Crippen LogP contribution in [0.25, 0.3) is 43.0 Å². The zero-order valence-corrected chi connectivity index (χ0v) is 22.0. The monoisotopic (exact) mass is 511 g/mol. The van der Waals surface area contributed by atoms with Gasteiger partial charge >= 0.3 is 5.97 Å². The van der Waals surface area contributed by atoms with Crippen molar-refractivity contribution in [3.63, 3.8) is 0 Å². The van der Waals surface area contributed by atoms with Crippen molar-refractivity contribution in [2.24, 2.45) is 0 Å². The lowest BCUT2D eigenvalue weighted by molar-refractivity contribution is 0.0526. The third kappa shape index (κ3) is 5.12. The van der Waals surface area contributed by atoms with Crippen LogP contribution in [0.3, 0.4) is 0 Å². The minimum Gasteiger partial charge on any atom is -0.462 e. The van der Waals surface area contributed by atoms with Gasteiger partial charge in [0, 0.05) is 31.9 Å². The van der Waals surface area contributed by atoms with Crippen LogP contribution in [0, 0.1) is 6.92 Å². The molecule has 0 N–H and O–H groups in total. The van der Waals surface area contributed by atoms with Gasteiger partial charge in [-0.15, -0.1) is 22.7 Å². The SMILES string of the molecule is CCOC(=O)c1cc(-c2cc(CC)ccn2)nc(-c2cc(-c3ccc(-c4ccc(C)s4)s3)ccn2)c1. The van der Waals surface area contributed by atoms with Crippen LogP contribution in [-0.2, 0) is 11.2 Å². The van der Waals surface area contributed by atoms with E-state index in [9.17, 15) is 4.79 Å².